The lowest BCUT2D eigenvalue weighted by Gasteiger charge is -2.28. The molecular formula is C24H37N3O4S. The Morgan fingerprint density at radius 2 is 1.88 bits per heavy atom. The number of piperidine rings is 1. The lowest BCUT2D eigenvalue weighted by Crippen LogP contribution is -2.45. The Morgan fingerprint density at radius 1 is 1.12 bits per heavy atom. The van der Waals surface area contributed by atoms with Gasteiger partial charge in [-0.3, -0.25) is 4.79 Å². The normalized spacial score (nSPS) is 30.6. The molecule has 2 saturated heterocycles. The van der Waals surface area contributed by atoms with Crippen molar-refractivity contribution in [3.63, 3.8) is 0 Å². The highest BCUT2D eigenvalue weighted by molar-refractivity contribution is 7.92. The molecule has 178 valence electrons. The first-order valence-corrected chi connectivity index (χ1v) is 13.7. The Balaban J connectivity index is 1.27. The summed E-state index contributed by atoms with van der Waals surface area (Å²) in [5.74, 6) is 0.551. The standard InChI is InChI=1S/C24H37N3O4S/c1-2-13-31-19-5-9-21(10-6-19)32(29,30)20-7-3-17(4-8-20)15-26-24(28)23-14-18-16-25-12-11-22(18)27-23/h3-4,7-8,18-19,21-23,25,27H,2,5-6,9-16H2,1H3,(H,26,28). The summed E-state index contributed by atoms with van der Waals surface area (Å²) in [5, 5.41) is 9.54. The second-order valence-electron chi connectivity index (χ2n) is 9.49. The molecule has 3 aliphatic rings. The van der Waals surface area contributed by atoms with E-state index in [1.807, 2.05) is 12.1 Å². The predicted molar refractivity (Wildman–Crippen MR) is 124 cm³/mol. The van der Waals surface area contributed by atoms with Crippen LogP contribution in [0.25, 0.3) is 0 Å². The number of ether oxygens (including phenoxy) is 1. The molecule has 1 aromatic carbocycles. The van der Waals surface area contributed by atoms with E-state index in [4.69, 9.17) is 4.74 Å². The van der Waals surface area contributed by atoms with Gasteiger partial charge in [0.25, 0.3) is 0 Å². The number of sulfone groups is 1. The number of hydrogen-bond acceptors (Lipinski definition) is 6. The molecule has 32 heavy (non-hydrogen) atoms. The fourth-order valence-electron chi connectivity index (χ4n) is 5.30. The van der Waals surface area contributed by atoms with Crippen molar-refractivity contribution in [2.75, 3.05) is 19.7 Å². The molecule has 2 heterocycles. The number of rotatable bonds is 8. The largest absolute Gasteiger partial charge is 0.378 e. The van der Waals surface area contributed by atoms with E-state index < -0.39 is 9.84 Å². The summed E-state index contributed by atoms with van der Waals surface area (Å²) in [7, 11) is -3.34. The van der Waals surface area contributed by atoms with Crippen LogP contribution in [0.5, 0.6) is 0 Å². The highest BCUT2D eigenvalue weighted by Gasteiger charge is 2.38. The van der Waals surface area contributed by atoms with Gasteiger partial charge < -0.3 is 20.7 Å². The van der Waals surface area contributed by atoms with Crippen LogP contribution in [0.15, 0.2) is 29.2 Å². The van der Waals surface area contributed by atoms with Crippen molar-refractivity contribution in [3.8, 4) is 0 Å². The minimum absolute atomic E-state index is 0.0261. The lowest BCUT2D eigenvalue weighted by atomic mass is 9.94. The van der Waals surface area contributed by atoms with Crippen LogP contribution in [0.4, 0.5) is 0 Å². The van der Waals surface area contributed by atoms with Crippen molar-refractivity contribution < 1.29 is 17.9 Å². The van der Waals surface area contributed by atoms with Gasteiger partial charge in [-0.1, -0.05) is 19.1 Å². The summed E-state index contributed by atoms with van der Waals surface area (Å²) < 4.78 is 31.9. The number of carbonyl (C=O) groups excluding carboxylic acids is 1. The molecule has 8 heteroatoms. The van der Waals surface area contributed by atoms with Crippen molar-refractivity contribution in [1.82, 2.24) is 16.0 Å². The summed E-state index contributed by atoms with van der Waals surface area (Å²) in [5.41, 5.74) is 0.908. The summed E-state index contributed by atoms with van der Waals surface area (Å²) in [4.78, 5) is 13.0. The number of amides is 1. The van der Waals surface area contributed by atoms with Gasteiger partial charge in [0.15, 0.2) is 9.84 Å². The molecule has 4 rings (SSSR count). The zero-order valence-corrected chi connectivity index (χ0v) is 19.8. The van der Waals surface area contributed by atoms with E-state index in [1.54, 1.807) is 12.1 Å². The molecule has 0 radical (unpaired) electrons. The minimum atomic E-state index is -3.34. The van der Waals surface area contributed by atoms with Gasteiger partial charge in [-0.25, -0.2) is 8.42 Å². The van der Waals surface area contributed by atoms with E-state index >= 15 is 0 Å². The maximum Gasteiger partial charge on any atom is 0.237 e. The molecule has 2 aliphatic heterocycles. The maximum atomic E-state index is 13.1. The molecule has 0 bridgehead atoms. The van der Waals surface area contributed by atoms with Gasteiger partial charge in [0.2, 0.25) is 5.91 Å². The third-order valence-electron chi connectivity index (χ3n) is 7.21. The molecule has 3 atom stereocenters. The van der Waals surface area contributed by atoms with Gasteiger partial charge in [0.1, 0.15) is 0 Å². The number of hydrogen-bond donors (Lipinski definition) is 3. The van der Waals surface area contributed by atoms with Crippen LogP contribution in [0.1, 0.15) is 57.4 Å². The zero-order chi connectivity index (χ0) is 22.6. The minimum Gasteiger partial charge on any atom is -0.378 e. The van der Waals surface area contributed by atoms with Gasteiger partial charge in [-0.15, -0.1) is 0 Å². The van der Waals surface area contributed by atoms with E-state index in [9.17, 15) is 13.2 Å². The van der Waals surface area contributed by atoms with Crippen LogP contribution in [0, 0.1) is 5.92 Å². The molecule has 1 saturated carbocycles. The Kier molecular flexibility index (Phi) is 7.87. The smallest absolute Gasteiger partial charge is 0.237 e. The first kappa shape index (κ1) is 23.7. The van der Waals surface area contributed by atoms with Gasteiger partial charge in [-0.2, -0.15) is 0 Å². The number of benzene rings is 1. The predicted octanol–water partition coefficient (Wildman–Crippen LogP) is 2.15. The molecular weight excluding hydrogens is 426 g/mol. The molecule has 1 amide bonds. The van der Waals surface area contributed by atoms with Crippen LogP contribution >= 0.6 is 0 Å². The Labute approximate surface area is 192 Å². The molecule has 1 aromatic rings. The molecule has 1 aliphatic carbocycles. The third kappa shape index (κ3) is 5.53. The van der Waals surface area contributed by atoms with E-state index in [-0.39, 0.29) is 23.3 Å². The van der Waals surface area contributed by atoms with Gasteiger partial charge in [0.05, 0.1) is 22.3 Å². The molecule has 3 N–H and O–H groups in total. The van der Waals surface area contributed by atoms with Crippen LogP contribution in [-0.4, -0.2) is 57.5 Å². The number of carbonyl (C=O) groups is 1. The molecule has 0 spiro atoms. The number of nitrogens with one attached hydrogen (secondary N) is 3. The highest BCUT2D eigenvalue weighted by atomic mass is 32.2. The SMILES string of the molecule is CCCOC1CCC(S(=O)(=O)c2ccc(CNC(=O)C3CC4CNCCC4N3)cc2)CC1. The summed E-state index contributed by atoms with van der Waals surface area (Å²) in [6, 6.07) is 7.30. The van der Waals surface area contributed by atoms with Crippen molar-refractivity contribution in [2.24, 2.45) is 5.92 Å². The van der Waals surface area contributed by atoms with Crippen molar-refractivity contribution in [3.05, 3.63) is 29.8 Å². The average Bonchev–Trinajstić information content (AvgIpc) is 3.26. The van der Waals surface area contributed by atoms with Crippen LogP contribution in [0.3, 0.4) is 0 Å². The highest BCUT2D eigenvalue weighted by Crippen LogP contribution is 2.30. The Morgan fingerprint density at radius 3 is 2.56 bits per heavy atom. The number of fused-ring (bicyclic) bond motifs is 1. The Hall–Kier alpha value is -1.48. The van der Waals surface area contributed by atoms with Crippen LogP contribution < -0.4 is 16.0 Å². The maximum absolute atomic E-state index is 13.1. The Bertz CT molecular complexity index is 852. The quantitative estimate of drug-likeness (QED) is 0.547. The first-order valence-electron chi connectivity index (χ1n) is 12.2. The van der Waals surface area contributed by atoms with Crippen molar-refractivity contribution in [2.45, 2.75) is 86.7 Å². The second-order valence-corrected chi connectivity index (χ2v) is 11.7. The van der Waals surface area contributed by atoms with Crippen LogP contribution in [-0.2, 0) is 25.9 Å². The molecule has 7 nitrogen and oxygen atoms in total. The first-order chi connectivity index (χ1) is 15.5. The fraction of sp³-hybridized carbons (Fsp3) is 0.708. The monoisotopic (exact) mass is 463 g/mol. The van der Waals surface area contributed by atoms with E-state index in [0.717, 1.165) is 57.4 Å². The van der Waals surface area contributed by atoms with E-state index in [2.05, 4.69) is 22.9 Å². The van der Waals surface area contributed by atoms with E-state index in [1.165, 1.54) is 0 Å². The van der Waals surface area contributed by atoms with Gasteiger partial charge in [-0.05, 0) is 81.6 Å². The topological polar surface area (TPSA) is 96.5 Å². The fourth-order valence-corrected chi connectivity index (χ4v) is 7.09. The van der Waals surface area contributed by atoms with Gasteiger partial charge >= 0.3 is 0 Å². The van der Waals surface area contributed by atoms with Crippen molar-refractivity contribution in [1.29, 1.82) is 0 Å². The van der Waals surface area contributed by atoms with Gasteiger partial charge in [0, 0.05) is 19.2 Å². The van der Waals surface area contributed by atoms with Crippen molar-refractivity contribution >= 4 is 15.7 Å². The summed E-state index contributed by atoms with van der Waals surface area (Å²) in [6.45, 7) is 5.22. The third-order valence-corrected chi connectivity index (χ3v) is 9.49. The molecule has 3 fully saturated rings. The lowest BCUT2D eigenvalue weighted by molar-refractivity contribution is -0.123. The molecule has 0 aromatic heterocycles. The zero-order valence-electron chi connectivity index (χ0n) is 19.0. The second kappa shape index (κ2) is 10.6. The summed E-state index contributed by atoms with van der Waals surface area (Å²) in [6.07, 6.45) is 6.04. The summed E-state index contributed by atoms with van der Waals surface area (Å²) >= 11 is 0. The average molecular weight is 464 g/mol. The van der Waals surface area contributed by atoms with Crippen LogP contribution in [0.2, 0.25) is 0 Å². The molecule has 3 unspecified atom stereocenters. The van der Waals surface area contributed by atoms with E-state index in [0.29, 0.717) is 36.2 Å².